The van der Waals surface area contributed by atoms with Crippen LogP contribution in [0.5, 0.6) is 0 Å². The smallest absolute Gasteiger partial charge is 0.550 e. The molecule has 114 valence electrons. The fraction of sp³-hybridized carbons (Fsp3) is 0.750. The van der Waals surface area contributed by atoms with Crippen molar-refractivity contribution in [2.45, 2.75) is 59.3 Å². The molecular formula is C12H21CoO6. The molecule has 0 N–H and O–H groups in total. The van der Waals surface area contributed by atoms with Crippen molar-refractivity contribution < 1.29 is 46.5 Å². The molecule has 0 atom stereocenters. The van der Waals surface area contributed by atoms with Gasteiger partial charge in [0.1, 0.15) is 0 Å². The van der Waals surface area contributed by atoms with Gasteiger partial charge in [0.25, 0.3) is 0 Å². The van der Waals surface area contributed by atoms with E-state index in [1.807, 2.05) is 0 Å². The minimum absolute atomic E-state index is 0. The van der Waals surface area contributed by atoms with Crippen LogP contribution in [-0.4, -0.2) is 17.9 Å². The van der Waals surface area contributed by atoms with E-state index in [0.717, 1.165) is 0 Å². The first-order valence-electron chi connectivity index (χ1n) is 5.91. The standard InChI is InChI=1S/3C4H8O2.Co/c3*1-2-3-4(5)6;/h3*2-3H2,1H3,(H,5,6);/q;;;+3/p-3. The third-order valence-electron chi connectivity index (χ3n) is 1.36. The summed E-state index contributed by atoms with van der Waals surface area (Å²) >= 11 is 0. The fourth-order valence-corrected chi connectivity index (χ4v) is 0.612. The van der Waals surface area contributed by atoms with Gasteiger partial charge in [-0.25, -0.2) is 0 Å². The van der Waals surface area contributed by atoms with Crippen LogP contribution in [0.25, 0.3) is 0 Å². The Morgan fingerprint density at radius 1 is 0.632 bits per heavy atom. The molecule has 0 aromatic carbocycles. The second-order valence-corrected chi connectivity index (χ2v) is 3.37. The van der Waals surface area contributed by atoms with Gasteiger partial charge in [-0.2, -0.15) is 0 Å². The van der Waals surface area contributed by atoms with E-state index >= 15 is 0 Å². The molecule has 0 amide bonds. The maximum absolute atomic E-state index is 9.49. The van der Waals surface area contributed by atoms with Crippen LogP contribution in [0.1, 0.15) is 59.3 Å². The average molecular weight is 320 g/mol. The van der Waals surface area contributed by atoms with E-state index in [0.29, 0.717) is 19.3 Å². The van der Waals surface area contributed by atoms with Gasteiger partial charge in [-0.3, -0.25) is 0 Å². The van der Waals surface area contributed by atoms with Gasteiger partial charge >= 0.3 is 16.8 Å². The number of rotatable bonds is 6. The Labute approximate surface area is 124 Å². The molecule has 0 aliphatic rings. The Kier molecular flexibility index (Phi) is 30.8. The van der Waals surface area contributed by atoms with Crippen LogP contribution in [0.4, 0.5) is 0 Å². The summed E-state index contributed by atoms with van der Waals surface area (Å²) in [6, 6.07) is 0. The molecule has 0 bridgehead atoms. The molecule has 7 heteroatoms. The molecule has 6 nitrogen and oxygen atoms in total. The largest absolute Gasteiger partial charge is 3.00 e. The van der Waals surface area contributed by atoms with Gasteiger partial charge in [-0.05, 0) is 19.3 Å². The molecule has 0 saturated carbocycles. The number of aliphatic carboxylic acids is 3. The normalized spacial score (nSPS) is 7.74. The molecule has 0 rings (SSSR count). The number of hydrogen-bond donors (Lipinski definition) is 0. The molecule has 0 spiro atoms. The van der Waals surface area contributed by atoms with Crippen LogP contribution >= 0.6 is 0 Å². The van der Waals surface area contributed by atoms with Gasteiger partial charge in [0.05, 0.1) is 0 Å². The van der Waals surface area contributed by atoms with Crippen molar-refractivity contribution in [2.24, 2.45) is 0 Å². The summed E-state index contributed by atoms with van der Waals surface area (Å²) in [4.78, 5) is 28.5. The first kappa shape index (κ1) is 26.5. The summed E-state index contributed by atoms with van der Waals surface area (Å²) in [6.45, 7) is 5.40. The van der Waals surface area contributed by atoms with Crippen LogP contribution in [0, 0.1) is 0 Å². The number of hydrogen-bond acceptors (Lipinski definition) is 6. The Morgan fingerprint density at radius 3 is 0.789 bits per heavy atom. The van der Waals surface area contributed by atoms with Crippen LogP contribution < -0.4 is 15.3 Å². The number of carbonyl (C=O) groups excluding carboxylic acids is 3. The second-order valence-electron chi connectivity index (χ2n) is 3.37. The zero-order valence-electron chi connectivity index (χ0n) is 11.5. The van der Waals surface area contributed by atoms with E-state index in [1.54, 1.807) is 20.8 Å². The molecule has 0 aliphatic carbocycles. The van der Waals surface area contributed by atoms with Crippen molar-refractivity contribution in [3.05, 3.63) is 0 Å². The van der Waals surface area contributed by atoms with E-state index in [9.17, 15) is 29.7 Å². The molecule has 0 heterocycles. The minimum Gasteiger partial charge on any atom is -0.550 e. The molecule has 0 radical (unpaired) electrons. The summed E-state index contributed by atoms with van der Waals surface area (Å²) in [5.41, 5.74) is 0. The SMILES string of the molecule is CCCC(=O)[O-].CCCC(=O)[O-].CCCC(=O)[O-].[Co+3]. The van der Waals surface area contributed by atoms with E-state index in [2.05, 4.69) is 0 Å². The van der Waals surface area contributed by atoms with Crippen molar-refractivity contribution in [3.8, 4) is 0 Å². The summed E-state index contributed by atoms with van der Waals surface area (Å²) in [5, 5.41) is 28.5. The molecule has 0 aromatic rings. The van der Waals surface area contributed by atoms with E-state index < -0.39 is 17.9 Å². The topological polar surface area (TPSA) is 120 Å². The molecule has 0 aromatic heterocycles. The van der Waals surface area contributed by atoms with Gasteiger partial charge in [0.2, 0.25) is 0 Å². The predicted octanol–water partition coefficient (Wildman–Crippen LogP) is -1.39. The van der Waals surface area contributed by atoms with E-state index in [1.165, 1.54) is 0 Å². The van der Waals surface area contributed by atoms with Crippen molar-refractivity contribution in [3.63, 3.8) is 0 Å². The predicted molar refractivity (Wildman–Crippen MR) is 59.7 cm³/mol. The monoisotopic (exact) mass is 320 g/mol. The van der Waals surface area contributed by atoms with Crippen LogP contribution in [0.3, 0.4) is 0 Å². The maximum atomic E-state index is 9.49. The van der Waals surface area contributed by atoms with E-state index in [4.69, 9.17) is 0 Å². The van der Waals surface area contributed by atoms with Gasteiger partial charge < -0.3 is 29.7 Å². The molecule has 0 fully saturated rings. The summed E-state index contributed by atoms with van der Waals surface area (Å²) < 4.78 is 0. The first-order chi connectivity index (χ1) is 8.31. The van der Waals surface area contributed by atoms with Crippen molar-refractivity contribution in [2.75, 3.05) is 0 Å². The molecule has 0 saturated heterocycles. The summed E-state index contributed by atoms with van der Waals surface area (Å²) in [6.07, 6.45) is 2.55. The molecular weight excluding hydrogens is 299 g/mol. The number of carboxylic acid groups (broad SMARTS) is 3. The third-order valence-corrected chi connectivity index (χ3v) is 1.36. The van der Waals surface area contributed by atoms with E-state index in [-0.39, 0.29) is 36.0 Å². The molecule has 0 unspecified atom stereocenters. The van der Waals surface area contributed by atoms with Gasteiger partial charge in [-0.15, -0.1) is 0 Å². The Balaban J connectivity index is -0.0000000865. The second kappa shape index (κ2) is 22.1. The fourth-order valence-electron chi connectivity index (χ4n) is 0.612. The molecule has 19 heavy (non-hydrogen) atoms. The Bertz CT molecular complexity index is 192. The van der Waals surface area contributed by atoms with Crippen molar-refractivity contribution in [1.82, 2.24) is 0 Å². The van der Waals surface area contributed by atoms with Crippen molar-refractivity contribution in [1.29, 1.82) is 0 Å². The minimum atomic E-state index is -0.961. The zero-order valence-corrected chi connectivity index (χ0v) is 12.6. The first-order valence-corrected chi connectivity index (χ1v) is 5.91. The van der Waals surface area contributed by atoms with Crippen LogP contribution in [-0.2, 0) is 31.2 Å². The van der Waals surface area contributed by atoms with Gasteiger partial charge in [0.15, 0.2) is 0 Å². The number of carboxylic acids is 3. The van der Waals surface area contributed by atoms with Crippen LogP contribution in [0.2, 0.25) is 0 Å². The zero-order chi connectivity index (χ0) is 15.0. The average Bonchev–Trinajstić information content (AvgIpc) is 2.18. The van der Waals surface area contributed by atoms with Crippen molar-refractivity contribution >= 4 is 17.9 Å². The molecule has 0 aliphatic heterocycles. The van der Waals surface area contributed by atoms with Crippen LogP contribution in [0.15, 0.2) is 0 Å². The van der Waals surface area contributed by atoms with Gasteiger partial charge in [0, 0.05) is 17.9 Å². The third kappa shape index (κ3) is 60.1. The Hall–Kier alpha value is -1.08. The Morgan fingerprint density at radius 2 is 0.789 bits per heavy atom. The summed E-state index contributed by atoms with van der Waals surface area (Å²) in [5.74, 6) is -2.88. The quantitative estimate of drug-likeness (QED) is 0.594. The van der Waals surface area contributed by atoms with Gasteiger partial charge in [-0.1, -0.05) is 40.0 Å². The summed E-state index contributed by atoms with van der Waals surface area (Å²) in [7, 11) is 0. The number of carbonyl (C=O) groups is 3. The maximum Gasteiger partial charge on any atom is 3.00 e.